The molecule has 0 aliphatic heterocycles. The first-order valence-corrected chi connectivity index (χ1v) is 5.73. The summed E-state index contributed by atoms with van der Waals surface area (Å²) in [4.78, 5) is 0. The van der Waals surface area contributed by atoms with Crippen molar-refractivity contribution in [3.05, 3.63) is 65.0 Å². The van der Waals surface area contributed by atoms with E-state index < -0.39 is 23.9 Å². The second-order valence-corrected chi connectivity index (χ2v) is 4.12. The molecule has 0 aliphatic rings. The first kappa shape index (κ1) is 14.3. The first-order chi connectivity index (χ1) is 9.49. The van der Waals surface area contributed by atoms with Gasteiger partial charge in [0.05, 0.1) is 5.69 Å². The van der Waals surface area contributed by atoms with Gasteiger partial charge in [-0.2, -0.15) is 0 Å². The van der Waals surface area contributed by atoms with Crippen molar-refractivity contribution in [1.29, 1.82) is 0 Å². The van der Waals surface area contributed by atoms with Crippen LogP contribution in [-0.2, 0) is 6.54 Å². The predicted molar refractivity (Wildman–Crippen MR) is 65.0 cm³/mol. The van der Waals surface area contributed by atoms with Gasteiger partial charge in [0.25, 0.3) is 6.43 Å². The quantitative estimate of drug-likeness (QED) is 0.637. The summed E-state index contributed by atoms with van der Waals surface area (Å²) < 4.78 is 63.8. The standard InChI is InChI=1S/C14H10F5N/c15-10-5-6-11(13(17)12(10)16)20-7-8-1-3-9(4-2-8)14(18)19/h1-6,14,20H,7H2. The largest absolute Gasteiger partial charge is 0.379 e. The number of hydrogen-bond acceptors (Lipinski definition) is 1. The van der Waals surface area contributed by atoms with Crippen molar-refractivity contribution in [3.8, 4) is 0 Å². The van der Waals surface area contributed by atoms with Gasteiger partial charge in [-0.15, -0.1) is 0 Å². The zero-order valence-corrected chi connectivity index (χ0v) is 10.1. The lowest BCUT2D eigenvalue weighted by atomic mass is 10.1. The molecule has 2 rings (SSSR count). The summed E-state index contributed by atoms with van der Waals surface area (Å²) in [5.41, 5.74) is 0.299. The van der Waals surface area contributed by atoms with E-state index in [-0.39, 0.29) is 17.8 Å². The molecule has 0 unspecified atom stereocenters. The fraction of sp³-hybridized carbons (Fsp3) is 0.143. The summed E-state index contributed by atoms with van der Waals surface area (Å²) in [6, 6.07) is 7.28. The molecule has 6 heteroatoms. The lowest BCUT2D eigenvalue weighted by molar-refractivity contribution is 0.151. The van der Waals surface area contributed by atoms with Crippen LogP contribution in [0.1, 0.15) is 17.6 Å². The van der Waals surface area contributed by atoms with E-state index in [0.717, 1.165) is 12.1 Å². The Morgan fingerprint density at radius 1 is 0.850 bits per heavy atom. The van der Waals surface area contributed by atoms with Gasteiger partial charge in [-0.1, -0.05) is 24.3 Å². The Morgan fingerprint density at radius 3 is 2.10 bits per heavy atom. The Labute approximate surface area is 112 Å². The number of rotatable bonds is 4. The molecule has 0 heterocycles. The van der Waals surface area contributed by atoms with E-state index in [9.17, 15) is 22.0 Å². The molecule has 0 aromatic heterocycles. The van der Waals surface area contributed by atoms with Gasteiger partial charge in [-0.25, -0.2) is 22.0 Å². The molecule has 0 saturated carbocycles. The normalized spacial score (nSPS) is 10.9. The third-order valence-corrected chi connectivity index (χ3v) is 2.75. The van der Waals surface area contributed by atoms with Crippen LogP contribution in [0.3, 0.4) is 0 Å². The molecule has 1 nitrogen and oxygen atoms in total. The summed E-state index contributed by atoms with van der Waals surface area (Å²) in [5.74, 6) is -4.13. The Morgan fingerprint density at radius 2 is 1.50 bits per heavy atom. The second-order valence-electron chi connectivity index (χ2n) is 4.12. The van der Waals surface area contributed by atoms with Gasteiger partial charge in [0.2, 0.25) is 0 Å². The maximum Gasteiger partial charge on any atom is 0.263 e. The molecule has 2 aromatic carbocycles. The Balaban J connectivity index is 2.07. The summed E-state index contributed by atoms with van der Waals surface area (Å²) in [6.45, 7) is 0.103. The van der Waals surface area contributed by atoms with Crippen molar-refractivity contribution < 1.29 is 22.0 Å². The minimum absolute atomic E-state index is 0.103. The predicted octanol–water partition coefficient (Wildman–Crippen LogP) is 4.65. The molecular weight excluding hydrogens is 277 g/mol. The van der Waals surface area contributed by atoms with Crippen LogP contribution in [0.25, 0.3) is 0 Å². The molecule has 0 saturated heterocycles. The molecule has 20 heavy (non-hydrogen) atoms. The van der Waals surface area contributed by atoms with E-state index in [1.807, 2.05) is 0 Å². The van der Waals surface area contributed by atoms with Gasteiger partial charge in [-0.3, -0.25) is 0 Å². The molecule has 2 aromatic rings. The highest BCUT2D eigenvalue weighted by Crippen LogP contribution is 2.21. The fourth-order valence-electron chi connectivity index (χ4n) is 1.64. The maximum absolute atomic E-state index is 13.4. The van der Waals surface area contributed by atoms with Crippen LogP contribution in [0.15, 0.2) is 36.4 Å². The molecule has 1 N–H and O–H groups in total. The highest BCUT2D eigenvalue weighted by Gasteiger charge is 2.13. The van der Waals surface area contributed by atoms with Gasteiger partial charge in [0.1, 0.15) is 0 Å². The van der Waals surface area contributed by atoms with Crippen LogP contribution in [0.5, 0.6) is 0 Å². The van der Waals surface area contributed by atoms with Crippen LogP contribution < -0.4 is 5.32 Å². The summed E-state index contributed by atoms with van der Waals surface area (Å²) >= 11 is 0. The number of nitrogens with one attached hydrogen (secondary N) is 1. The lowest BCUT2D eigenvalue weighted by Crippen LogP contribution is -2.04. The number of alkyl halides is 2. The van der Waals surface area contributed by atoms with Gasteiger partial charge in [0, 0.05) is 12.1 Å². The van der Waals surface area contributed by atoms with Crippen LogP contribution in [-0.4, -0.2) is 0 Å². The van der Waals surface area contributed by atoms with Crippen molar-refractivity contribution in [2.75, 3.05) is 5.32 Å². The molecular formula is C14H10F5N. The van der Waals surface area contributed by atoms with E-state index >= 15 is 0 Å². The third-order valence-electron chi connectivity index (χ3n) is 2.75. The highest BCUT2D eigenvalue weighted by molar-refractivity contribution is 5.46. The zero-order chi connectivity index (χ0) is 14.7. The van der Waals surface area contributed by atoms with Crippen molar-refractivity contribution in [2.45, 2.75) is 13.0 Å². The first-order valence-electron chi connectivity index (χ1n) is 5.73. The van der Waals surface area contributed by atoms with Gasteiger partial charge in [0.15, 0.2) is 17.5 Å². The van der Waals surface area contributed by atoms with Crippen LogP contribution in [0.4, 0.5) is 27.6 Å². The van der Waals surface area contributed by atoms with Crippen molar-refractivity contribution in [1.82, 2.24) is 0 Å². The zero-order valence-electron chi connectivity index (χ0n) is 10.1. The number of anilines is 1. The third kappa shape index (κ3) is 3.07. The number of benzene rings is 2. The Hall–Kier alpha value is -2.11. The van der Waals surface area contributed by atoms with Crippen LogP contribution >= 0.6 is 0 Å². The topological polar surface area (TPSA) is 12.0 Å². The minimum atomic E-state index is -2.55. The molecule has 0 radical (unpaired) electrons. The van der Waals surface area contributed by atoms with Gasteiger partial charge in [-0.05, 0) is 17.7 Å². The summed E-state index contributed by atoms with van der Waals surface area (Å²) in [5, 5.41) is 2.58. The second kappa shape index (κ2) is 5.90. The van der Waals surface area contributed by atoms with Crippen LogP contribution in [0, 0.1) is 17.5 Å². The van der Waals surface area contributed by atoms with Crippen molar-refractivity contribution in [3.63, 3.8) is 0 Å². The fourth-order valence-corrected chi connectivity index (χ4v) is 1.64. The molecule has 0 bridgehead atoms. The van der Waals surface area contributed by atoms with E-state index in [4.69, 9.17) is 0 Å². The SMILES string of the molecule is Fc1ccc(NCc2ccc(C(F)F)cc2)c(F)c1F. The minimum Gasteiger partial charge on any atom is -0.379 e. The monoisotopic (exact) mass is 287 g/mol. The van der Waals surface area contributed by atoms with Crippen molar-refractivity contribution >= 4 is 5.69 Å². The van der Waals surface area contributed by atoms with E-state index in [2.05, 4.69) is 5.32 Å². The summed E-state index contributed by atoms with van der Waals surface area (Å²) in [7, 11) is 0. The molecule has 0 amide bonds. The van der Waals surface area contributed by atoms with E-state index in [1.54, 1.807) is 0 Å². The molecule has 0 spiro atoms. The Bertz CT molecular complexity index is 595. The maximum atomic E-state index is 13.4. The van der Waals surface area contributed by atoms with Gasteiger partial charge >= 0.3 is 0 Å². The number of halogens is 5. The average Bonchev–Trinajstić information content (AvgIpc) is 2.44. The van der Waals surface area contributed by atoms with Crippen LogP contribution in [0.2, 0.25) is 0 Å². The molecule has 0 fully saturated rings. The molecule has 0 aliphatic carbocycles. The Kier molecular flexibility index (Phi) is 4.22. The lowest BCUT2D eigenvalue weighted by Gasteiger charge is -2.09. The van der Waals surface area contributed by atoms with Gasteiger partial charge < -0.3 is 5.32 Å². The summed E-state index contributed by atoms with van der Waals surface area (Å²) in [6.07, 6.45) is -2.55. The molecule has 106 valence electrons. The van der Waals surface area contributed by atoms with Crippen molar-refractivity contribution in [2.24, 2.45) is 0 Å². The number of hydrogen-bond donors (Lipinski definition) is 1. The van der Waals surface area contributed by atoms with E-state index in [0.29, 0.717) is 5.56 Å². The smallest absolute Gasteiger partial charge is 0.263 e. The molecule has 0 atom stereocenters. The average molecular weight is 287 g/mol. The highest BCUT2D eigenvalue weighted by atomic mass is 19.3. The van der Waals surface area contributed by atoms with E-state index in [1.165, 1.54) is 24.3 Å².